The van der Waals surface area contributed by atoms with E-state index in [0.717, 1.165) is 6.92 Å². The van der Waals surface area contributed by atoms with Crippen molar-refractivity contribution in [3.05, 3.63) is 0 Å². The minimum atomic E-state index is -0.833. The summed E-state index contributed by atoms with van der Waals surface area (Å²) in [5.74, 6) is -0.833. The number of ether oxygens (including phenoxy) is 2. The first-order chi connectivity index (χ1) is 6.79. The molecule has 0 aromatic carbocycles. The molecule has 0 bridgehead atoms. The van der Waals surface area contributed by atoms with Crippen LogP contribution >= 0.6 is 0 Å². The highest BCUT2D eigenvalue weighted by atomic mass is 16.7. The molecule has 0 aliphatic carbocycles. The summed E-state index contributed by atoms with van der Waals surface area (Å²) >= 11 is 0. The molecule has 0 atom stereocenters. The van der Waals surface area contributed by atoms with E-state index in [2.05, 4.69) is 0 Å². The van der Waals surface area contributed by atoms with Crippen LogP contribution in [0.1, 0.15) is 34.6 Å². The van der Waals surface area contributed by atoms with Crippen LogP contribution in [-0.4, -0.2) is 36.1 Å². The third-order valence-electron chi connectivity index (χ3n) is 1.04. The number of carboxylic acids is 1. The molecule has 0 saturated heterocycles. The molecule has 92 valence electrons. The summed E-state index contributed by atoms with van der Waals surface area (Å²) in [5, 5.41) is 7.42. The highest BCUT2D eigenvalue weighted by Gasteiger charge is 2.10. The van der Waals surface area contributed by atoms with E-state index in [4.69, 9.17) is 25.1 Å². The summed E-state index contributed by atoms with van der Waals surface area (Å²) in [5.41, 5.74) is 5.42. The Morgan fingerprint density at radius 3 is 1.60 bits per heavy atom. The largest absolute Gasteiger partial charge is 0.481 e. The van der Waals surface area contributed by atoms with Gasteiger partial charge in [0.25, 0.3) is 5.97 Å². The lowest BCUT2D eigenvalue weighted by Gasteiger charge is -2.21. The topological polar surface area (TPSA) is 81.8 Å². The van der Waals surface area contributed by atoms with E-state index in [1.54, 1.807) is 0 Å². The molecule has 0 aromatic rings. The first-order valence-electron chi connectivity index (χ1n) is 5.00. The van der Waals surface area contributed by atoms with Crippen molar-refractivity contribution in [2.75, 3.05) is 6.54 Å². The van der Waals surface area contributed by atoms with E-state index in [9.17, 15) is 0 Å². The third kappa shape index (κ3) is 19.7. The summed E-state index contributed by atoms with van der Waals surface area (Å²) in [4.78, 5) is 9.00. The molecule has 0 rings (SSSR count). The van der Waals surface area contributed by atoms with Gasteiger partial charge in [0.05, 0.1) is 12.2 Å². The lowest BCUT2D eigenvalue weighted by Crippen LogP contribution is -2.31. The molecular formula is C10H23NO4. The first-order valence-corrected chi connectivity index (χ1v) is 5.00. The Hall–Kier alpha value is -0.650. The van der Waals surface area contributed by atoms with Crippen LogP contribution in [0.25, 0.3) is 0 Å². The maximum atomic E-state index is 9.00. The van der Waals surface area contributed by atoms with Gasteiger partial charge >= 0.3 is 0 Å². The maximum Gasteiger partial charge on any atom is 0.300 e. The normalized spacial score (nSPS) is 10.5. The van der Waals surface area contributed by atoms with Crippen LogP contribution in [0.4, 0.5) is 0 Å². The lowest BCUT2D eigenvalue weighted by molar-refractivity contribution is -0.174. The molecule has 3 N–H and O–H groups in total. The first kappa shape index (κ1) is 16.8. The monoisotopic (exact) mass is 221 g/mol. The van der Waals surface area contributed by atoms with E-state index < -0.39 is 5.97 Å². The molecule has 0 aromatic heterocycles. The SMILES string of the molecule is CC(=O)O.CC(C)OC(CN)OC(C)C. The third-order valence-corrected chi connectivity index (χ3v) is 1.04. The zero-order chi connectivity index (χ0) is 12.4. The van der Waals surface area contributed by atoms with E-state index in [0.29, 0.717) is 6.54 Å². The molecule has 0 amide bonds. The fraction of sp³-hybridized carbons (Fsp3) is 0.900. The number of hydrogen-bond acceptors (Lipinski definition) is 4. The average Bonchev–Trinajstić information content (AvgIpc) is 2.00. The Morgan fingerprint density at radius 2 is 1.47 bits per heavy atom. The van der Waals surface area contributed by atoms with Crippen LogP contribution in [0.15, 0.2) is 0 Å². The van der Waals surface area contributed by atoms with Crippen LogP contribution in [0.5, 0.6) is 0 Å². The number of aliphatic carboxylic acids is 1. The van der Waals surface area contributed by atoms with Crippen molar-refractivity contribution in [3.63, 3.8) is 0 Å². The molecular weight excluding hydrogens is 198 g/mol. The van der Waals surface area contributed by atoms with Gasteiger partial charge in [0.2, 0.25) is 0 Å². The summed E-state index contributed by atoms with van der Waals surface area (Å²) < 4.78 is 10.7. The van der Waals surface area contributed by atoms with Crippen LogP contribution in [-0.2, 0) is 14.3 Å². The smallest absolute Gasteiger partial charge is 0.300 e. The van der Waals surface area contributed by atoms with Crippen molar-refractivity contribution in [1.82, 2.24) is 0 Å². The second kappa shape index (κ2) is 9.89. The van der Waals surface area contributed by atoms with E-state index in [1.807, 2.05) is 27.7 Å². The fourth-order valence-electron chi connectivity index (χ4n) is 0.750. The fourth-order valence-corrected chi connectivity index (χ4v) is 0.750. The van der Waals surface area contributed by atoms with Gasteiger partial charge in [-0.3, -0.25) is 4.79 Å². The molecule has 5 heteroatoms. The molecule has 0 aliphatic heterocycles. The molecule has 0 unspecified atom stereocenters. The van der Waals surface area contributed by atoms with E-state index >= 15 is 0 Å². The van der Waals surface area contributed by atoms with Crippen molar-refractivity contribution in [3.8, 4) is 0 Å². The standard InChI is InChI=1S/C8H19NO2.C2H4O2/c1-6(2)10-8(5-9)11-7(3)4;1-2(3)4/h6-8H,5,9H2,1-4H3;1H3,(H,3,4). The highest BCUT2D eigenvalue weighted by molar-refractivity contribution is 5.62. The van der Waals surface area contributed by atoms with Crippen molar-refractivity contribution in [1.29, 1.82) is 0 Å². The molecule has 0 aliphatic rings. The molecule has 0 saturated carbocycles. The van der Waals surface area contributed by atoms with E-state index in [1.165, 1.54) is 0 Å². The van der Waals surface area contributed by atoms with Crippen molar-refractivity contribution in [2.45, 2.75) is 53.1 Å². The molecule has 15 heavy (non-hydrogen) atoms. The number of nitrogens with two attached hydrogens (primary N) is 1. The van der Waals surface area contributed by atoms with Gasteiger partial charge in [-0.15, -0.1) is 0 Å². The number of carbonyl (C=O) groups is 1. The number of hydrogen-bond donors (Lipinski definition) is 2. The van der Waals surface area contributed by atoms with Gasteiger partial charge in [-0.05, 0) is 27.7 Å². The summed E-state index contributed by atoms with van der Waals surface area (Å²) in [6.45, 7) is 9.35. The minimum Gasteiger partial charge on any atom is -0.481 e. The number of carboxylic acid groups (broad SMARTS) is 1. The Labute approximate surface area is 91.6 Å². The van der Waals surface area contributed by atoms with Crippen LogP contribution < -0.4 is 5.73 Å². The maximum absolute atomic E-state index is 9.00. The van der Waals surface area contributed by atoms with Gasteiger partial charge in [0.1, 0.15) is 0 Å². The van der Waals surface area contributed by atoms with E-state index in [-0.39, 0.29) is 18.5 Å². The predicted molar refractivity (Wildman–Crippen MR) is 58.6 cm³/mol. The zero-order valence-corrected chi connectivity index (χ0v) is 10.2. The number of rotatable bonds is 5. The minimum absolute atomic E-state index is 0.169. The van der Waals surface area contributed by atoms with Gasteiger partial charge in [-0.2, -0.15) is 0 Å². The Kier molecular flexibility index (Phi) is 11.1. The predicted octanol–water partition coefficient (Wildman–Crippen LogP) is 1.21. The zero-order valence-electron chi connectivity index (χ0n) is 10.2. The second-order valence-corrected chi connectivity index (χ2v) is 3.55. The Bertz CT molecular complexity index is 146. The molecule has 0 fully saturated rings. The summed E-state index contributed by atoms with van der Waals surface area (Å²) in [7, 11) is 0. The van der Waals surface area contributed by atoms with Gasteiger partial charge in [0.15, 0.2) is 6.29 Å². The molecule has 5 nitrogen and oxygen atoms in total. The van der Waals surface area contributed by atoms with Crippen LogP contribution in [0.3, 0.4) is 0 Å². The Balaban J connectivity index is 0. The highest BCUT2D eigenvalue weighted by Crippen LogP contribution is 2.01. The van der Waals surface area contributed by atoms with Gasteiger partial charge in [-0.25, -0.2) is 0 Å². The average molecular weight is 221 g/mol. The van der Waals surface area contributed by atoms with Crippen LogP contribution in [0.2, 0.25) is 0 Å². The van der Waals surface area contributed by atoms with Crippen molar-refractivity contribution >= 4 is 5.97 Å². The Morgan fingerprint density at radius 1 is 1.20 bits per heavy atom. The summed E-state index contributed by atoms with van der Waals surface area (Å²) in [6, 6.07) is 0. The summed E-state index contributed by atoms with van der Waals surface area (Å²) in [6.07, 6.45) is 0.0830. The lowest BCUT2D eigenvalue weighted by atomic mass is 10.4. The van der Waals surface area contributed by atoms with Crippen LogP contribution in [0, 0.1) is 0 Å². The molecule has 0 radical (unpaired) electrons. The quantitative estimate of drug-likeness (QED) is 0.682. The molecule has 0 spiro atoms. The van der Waals surface area contributed by atoms with Gasteiger partial charge in [0, 0.05) is 13.5 Å². The van der Waals surface area contributed by atoms with Crippen molar-refractivity contribution < 1.29 is 19.4 Å². The van der Waals surface area contributed by atoms with Gasteiger partial charge in [-0.1, -0.05) is 0 Å². The molecule has 0 heterocycles. The van der Waals surface area contributed by atoms with Crippen molar-refractivity contribution in [2.24, 2.45) is 5.73 Å². The second-order valence-electron chi connectivity index (χ2n) is 3.55. The van der Waals surface area contributed by atoms with Gasteiger partial charge < -0.3 is 20.3 Å².